The number of amides is 2. The Bertz CT molecular complexity index is 499. The van der Waals surface area contributed by atoms with Crippen LogP contribution in [0.25, 0.3) is 0 Å². The lowest BCUT2D eigenvalue weighted by Gasteiger charge is -2.10. The van der Waals surface area contributed by atoms with Gasteiger partial charge in [0.25, 0.3) is 0 Å². The van der Waals surface area contributed by atoms with Crippen molar-refractivity contribution in [3.8, 4) is 0 Å². The van der Waals surface area contributed by atoms with E-state index < -0.39 is 13.6 Å². The van der Waals surface area contributed by atoms with Crippen molar-refractivity contribution in [2.45, 2.75) is 20.3 Å². The molecule has 0 saturated carbocycles. The Morgan fingerprint density at radius 3 is 2.65 bits per heavy atom. The molecular weight excluding hydrogens is 279 g/mol. The molecule has 0 radical (unpaired) electrons. The molecule has 0 aliphatic heterocycles. The van der Waals surface area contributed by atoms with Gasteiger partial charge in [-0.15, -0.1) is 0 Å². The van der Waals surface area contributed by atoms with Crippen LogP contribution < -0.4 is 10.6 Å². The number of hydrogen-bond donors (Lipinski definition) is 4. The molecule has 112 valence electrons. The number of carbonyl (C=O) groups excluding carboxylic acids is 1. The molecule has 20 heavy (non-hydrogen) atoms. The summed E-state index contributed by atoms with van der Waals surface area (Å²) in [5.74, 6) is 0.530. The minimum atomic E-state index is -4.07. The minimum Gasteiger partial charge on any atom is -0.337 e. The Morgan fingerprint density at radius 1 is 1.35 bits per heavy atom. The molecule has 0 fully saturated rings. The van der Waals surface area contributed by atoms with Crippen LogP contribution in [0.3, 0.4) is 0 Å². The highest BCUT2D eigenvalue weighted by Crippen LogP contribution is 2.32. The minimum absolute atomic E-state index is 0.0677. The van der Waals surface area contributed by atoms with E-state index in [2.05, 4.69) is 24.5 Å². The van der Waals surface area contributed by atoms with Gasteiger partial charge in [-0.3, -0.25) is 4.57 Å². The molecule has 7 heteroatoms. The Hall–Kier alpha value is -1.36. The van der Waals surface area contributed by atoms with E-state index in [1.54, 1.807) is 6.07 Å². The van der Waals surface area contributed by atoms with Crippen molar-refractivity contribution < 1.29 is 19.1 Å². The summed E-state index contributed by atoms with van der Waals surface area (Å²) >= 11 is 0. The standard InChI is InChI=1S/C13H21N2O4P/c1-10(2)8-11-4-3-5-12(9-11)15-13(16)14-6-7-20(17,18)19/h3-5,9-10H,6-8H2,1-2H3,(H2,14,15,16)(H2,17,18,19). The largest absolute Gasteiger partial charge is 0.337 e. The lowest BCUT2D eigenvalue weighted by Crippen LogP contribution is -2.31. The first kappa shape index (κ1) is 16.7. The molecule has 0 heterocycles. The maximum Gasteiger partial charge on any atom is 0.327 e. The van der Waals surface area contributed by atoms with E-state index in [4.69, 9.17) is 9.79 Å². The van der Waals surface area contributed by atoms with Crippen molar-refractivity contribution >= 4 is 19.3 Å². The highest BCUT2D eigenvalue weighted by molar-refractivity contribution is 7.51. The van der Waals surface area contributed by atoms with Crippen molar-refractivity contribution in [1.82, 2.24) is 5.32 Å². The molecule has 6 nitrogen and oxygen atoms in total. The third-order valence-electron chi connectivity index (χ3n) is 2.52. The van der Waals surface area contributed by atoms with Crippen molar-refractivity contribution in [2.75, 3.05) is 18.0 Å². The Balaban J connectivity index is 2.47. The summed E-state index contributed by atoms with van der Waals surface area (Å²) in [7, 11) is -4.07. The zero-order chi connectivity index (χ0) is 15.2. The summed E-state index contributed by atoms with van der Waals surface area (Å²) in [6.07, 6.45) is 0.559. The van der Waals surface area contributed by atoms with Crippen molar-refractivity contribution in [2.24, 2.45) is 5.92 Å². The zero-order valence-electron chi connectivity index (χ0n) is 11.7. The summed E-state index contributed by atoms with van der Waals surface area (Å²) in [6.45, 7) is 4.17. The average molecular weight is 300 g/mol. The monoisotopic (exact) mass is 300 g/mol. The molecule has 0 atom stereocenters. The normalized spacial score (nSPS) is 11.4. The molecule has 1 aromatic rings. The van der Waals surface area contributed by atoms with Crippen LogP contribution in [0.4, 0.5) is 10.5 Å². The molecule has 2 amide bonds. The lowest BCUT2D eigenvalue weighted by molar-refractivity contribution is 0.252. The van der Waals surface area contributed by atoms with Gasteiger partial charge in [-0.1, -0.05) is 26.0 Å². The SMILES string of the molecule is CC(C)Cc1cccc(NC(=O)NCCP(=O)(O)O)c1. The van der Waals surface area contributed by atoms with Gasteiger partial charge in [-0.25, -0.2) is 4.79 Å². The fourth-order valence-electron chi connectivity index (χ4n) is 1.74. The summed E-state index contributed by atoms with van der Waals surface area (Å²) < 4.78 is 10.6. The van der Waals surface area contributed by atoms with Crippen molar-refractivity contribution in [3.63, 3.8) is 0 Å². The van der Waals surface area contributed by atoms with E-state index in [-0.39, 0.29) is 12.7 Å². The quantitative estimate of drug-likeness (QED) is 0.605. The molecule has 0 aromatic heterocycles. The van der Waals surface area contributed by atoms with Gasteiger partial charge >= 0.3 is 13.6 Å². The van der Waals surface area contributed by atoms with Gasteiger partial charge in [-0.05, 0) is 30.0 Å². The molecule has 1 aromatic carbocycles. The number of benzene rings is 1. The Labute approximate surface area is 118 Å². The highest BCUT2D eigenvalue weighted by atomic mass is 31.2. The second-order valence-electron chi connectivity index (χ2n) is 5.07. The highest BCUT2D eigenvalue weighted by Gasteiger charge is 2.12. The first-order valence-electron chi connectivity index (χ1n) is 6.44. The second kappa shape index (κ2) is 7.43. The van der Waals surface area contributed by atoms with Crippen LogP contribution >= 0.6 is 7.60 Å². The van der Waals surface area contributed by atoms with Gasteiger partial charge in [0.2, 0.25) is 0 Å². The fourth-order valence-corrected chi connectivity index (χ4v) is 2.14. The molecule has 0 unspecified atom stereocenters. The van der Waals surface area contributed by atoms with Gasteiger partial charge in [0, 0.05) is 12.2 Å². The van der Waals surface area contributed by atoms with E-state index in [1.165, 1.54) is 0 Å². The molecule has 1 rings (SSSR count). The van der Waals surface area contributed by atoms with Gasteiger partial charge in [0.05, 0.1) is 6.16 Å². The molecule has 0 spiro atoms. The van der Waals surface area contributed by atoms with Crippen LogP contribution in [0.1, 0.15) is 19.4 Å². The second-order valence-corrected chi connectivity index (χ2v) is 6.84. The molecule has 0 aliphatic rings. The van der Waals surface area contributed by atoms with Gasteiger partial charge in [0.1, 0.15) is 0 Å². The van der Waals surface area contributed by atoms with E-state index in [9.17, 15) is 9.36 Å². The Morgan fingerprint density at radius 2 is 2.05 bits per heavy atom. The van der Waals surface area contributed by atoms with Crippen molar-refractivity contribution in [1.29, 1.82) is 0 Å². The molecule has 0 saturated heterocycles. The Kier molecular flexibility index (Phi) is 6.20. The summed E-state index contributed by atoms with van der Waals surface area (Å²) in [6, 6.07) is 7.05. The first-order valence-corrected chi connectivity index (χ1v) is 8.24. The number of anilines is 1. The molecule has 4 N–H and O–H groups in total. The van der Waals surface area contributed by atoms with E-state index >= 15 is 0 Å². The van der Waals surface area contributed by atoms with Crippen LogP contribution in [0.5, 0.6) is 0 Å². The summed E-state index contributed by atoms with van der Waals surface area (Å²) in [4.78, 5) is 28.9. The van der Waals surface area contributed by atoms with Crippen molar-refractivity contribution in [3.05, 3.63) is 29.8 Å². The summed E-state index contributed by atoms with van der Waals surface area (Å²) in [5.41, 5.74) is 1.80. The topological polar surface area (TPSA) is 98.7 Å². The average Bonchev–Trinajstić information content (AvgIpc) is 2.26. The van der Waals surface area contributed by atoms with E-state index in [1.807, 2.05) is 18.2 Å². The first-order chi connectivity index (χ1) is 9.26. The van der Waals surface area contributed by atoms with E-state index in [0.29, 0.717) is 11.6 Å². The third kappa shape index (κ3) is 7.28. The zero-order valence-corrected chi connectivity index (χ0v) is 12.6. The van der Waals surface area contributed by atoms with Crippen LogP contribution in [0.2, 0.25) is 0 Å². The maximum absolute atomic E-state index is 11.6. The predicted octanol–water partition coefficient (Wildman–Crippen LogP) is 2.18. The van der Waals surface area contributed by atoms with Gasteiger partial charge < -0.3 is 20.4 Å². The summed E-state index contributed by atoms with van der Waals surface area (Å²) in [5, 5.41) is 5.04. The maximum atomic E-state index is 11.6. The van der Waals surface area contributed by atoms with Crippen LogP contribution in [0, 0.1) is 5.92 Å². The van der Waals surface area contributed by atoms with Gasteiger partial charge in [0.15, 0.2) is 0 Å². The number of nitrogens with one attached hydrogen (secondary N) is 2. The van der Waals surface area contributed by atoms with Crippen LogP contribution in [0.15, 0.2) is 24.3 Å². The number of hydrogen-bond acceptors (Lipinski definition) is 2. The predicted molar refractivity (Wildman–Crippen MR) is 78.9 cm³/mol. The molecule has 0 aliphatic carbocycles. The van der Waals surface area contributed by atoms with Crippen LogP contribution in [-0.4, -0.2) is 28.5 Å². The third-order valence-corrected chi connectivity index (χ3v) is 3.32. The molecular formula is C13H21N2O4P. The smallest absolute Gasteiger partial charge is 0.327 e. The molecule has 0 bridgehead atoms. The number of urea groups is 1. The number of rotatable bonds is 6. The lowest BCUT2D eigenvalue weighted by atomic mass is 10.0. The van der Waals surface area contributed by atoms with Crippen LogP contribution in [-0.2, 0) is 11.0 Å². The number of carbonyl (C=O) groups is 1. The van der Waals surface area contributed by atoms with Gasteiger partial charge in [-0.2, -0.15) is 0 Å². The van der Waals surface area contributed by atoms with E-state index in [0.717, 1.165) is 12.0 Å². The fraction of sp³-hybridized carbons (Fsp3) is 0.462.